The van der Waals surface area contributed by atoms with Crippen molar-refractivity contribution in [2.45, 2.75) is 74.3 Å². The molecule has 0 spiro atoms. The standard InChI is InChI=1S/C23H27ClN2O4S/c1-14-5-8-16(9-6-14)31(28,29)21-18-11-10-17(26(18)22(27)30-23(2,3)4)20(21)15-7-12-19(24)25-13-15/h5-9,12-13,17-18,20-21H,10-11H2,1-4H3. The van der Waals surface area contributed by atoms with Crippen molar-refractivity contribution in [1.29, 1.82) is 0 Å². The number of benzene rings is 1. The van der Waals surface area contributed by atoms with E-state index in [4.69, 9.17) is 16.3 Å². The van der Waals surface area contributed by atoms with Crippen LogP contribution in [-0.4, -0.2) is 47.3 Å². The molecule has 2 aliphatic heterocycles. The summed E-state index contributed by atoms with van der Waals surface area (Å²) in [6.07, 6.45) is 2.50. The molecule has 6 nitrogen and oxygen atoms in total. The van der Waals surface area contributed by atoms with Crippen LogP contribution < -0.4 is 0 Å². The van der Waals surface area contributed by atoms with Crippen LogP contribution in [0.5, 0.6) is 0 Å². The lowest BCUT2D eigenvalue weighted by Gasteiger charge is -2.28. The highest BCUT2D eigenvalue weighted by Crippen LogP contribution is 2.51. The smallest absolute Gasteiger partial charge is 0.410 e. The molecule has 2 saturated heterocycles. The largest absolute Gasteiger partial charge is 0.444 e. The second-order valence-electron chi connectivity index (χ2n) is 9.36. The van der Waals surface area contributed by atoms with E-state index in [-0.39, 0.29) is 10.9 Å². The zero-order chi connectivity index (χ0) is 22.6. The van der Waals surface area contributed by atoms with Gasteiger partial charge in [-0.05, 0) is 64.3 Å². The molecule has 3 heterocycles. The van der Waals surface area contributed by atoms with Gasteiger partial charge in [0.2, 0.25) is 0 Å². The lowest BCUT2D eigenvalue weighted by molar-refractivity contribution is 0.0213. The van der Waals surface area contributed by atoms with E-state index in [0.29, 0.717) is 11.6 Å². The number of carbonyl (C=O) groups excluding carboxylic acids is 1. The Morgan fingerprint density at radius 1 is 1.10 bits per heavy atom. The zero-order valence-corrected chi connectivity index (χ0v) is 19.7. The summed E-state index contributed by atoms with van der Waals surface area (Å²) in [5.74, 6) is -0.401. The second kappa shape index (κ2) is 7.78. The van der Waals surface area contributed by atoms with Crippen LogP contribution in [0.1, 0.15) is 50.7 Å². The van der Waals surface area contributed by atoms with Crippen LogP contribution in [0.4, 0.5) is 4.79 Å². The van der Waals surface area contributed by atoms with E-state index in [1.165, 1.54) is 0 Å². The van der Waals surface area contributed by atoms with Crippen molar-refractivity contribution in [2.75, 3.05) is 0 Å². The number of sulfone groups is 1. The predicted molar refractivity (Wildman–Crippen MR) is 119 cm³/mol. The Kier molecular flexibility index (Phi) is 5.54. The number of rotatable bonds is 3. The number of halogens is 1. The Morgan fingerprint density at radius 2 is 1.74 bits per heavy atom. The highest BCUT2D eigenvalue weighted by Gasteiger charge is 2.61. The van der Waals surface area contributed by atoms with E-state index in [9.17, 15) is 13.2 Å². The van der Waals surface area contributed by atoms with Crippen LogP contribution >= 0.6 is 11.6 Å². The Morgan fingerprint density at radius 3 is 2.32 bits per heavy atom. The van der Waals surface area contributed by atoms with Crippen molar-refractivity contribution in [3.8, 4) is 0 Å². The number of fused-ring (bicyclic) bond motifs is 2. The second-order valence-corrected chi connectivity index (χ2v) is 11.9. The fraction of sp³-hybridized carbons (Fsp3) is 0.478. The number of amides is 1. The van der Waals surface area contributed by atoms with Crippen molar-refractivity contribution < 1.29 is 17.9 Å². The van der Waals surface area contributed by atoms with E-state index < -0.39 is 38.7 Å². The molecule has 4 rings (SSSR count). The van der Waals surface area contributed by atoms with Gasteiger partial charge in [-0.1, -0.05) is 35.4 Å². The maximum Gasteiger partial charge on any atom is 0.410 e. The summed E-state index contributed by atoms with van der Waals surface area (Å²) >= 11 is 5.97. The molecule has 1 aromatic heterocycles. The molecule has 0 radical (unpaired) electrons. The number of hydrogen-bond acceptors (Lipinski definition) is 5. The summed E-state index contributed by atoms with van der Waals surface area (Å²) < 4.78 is 33.3. The van der Waals surface area contributed by atoms with Gasteiger partial charge in [0, 0.05) is 18.2 Å². The highest BCUT2D eigenvalue weighted by molar-refractivity contribution is 7.92. The van der Waals surface area contributed by atoms with E-state index >= 15 is 0 Å². The zero-order valence-electron chi connectivity index (χ0n) is 18.1. The van der Waals surface area contributed by atoms with Crippen LogP contribution in [0.25, 0.3) is 0 Å². The van der Waals surface area contributed by atoms with Gasteiger partial charge in [-0.15, -0.1) is 0 Å². The molecule has 1 aromatic carbocycles. The molecule has 0 N–H and O–H groups in total. The van der Waals surface area contributed by atoms with Gasteiger partial charge in [-0.2, -0.15) is 0 Å². The molecular formula is C23H27ClN2O4S. The van der Waals surface area contributed by atoms with Crippen LogP contribution in [0.15, 0.2) is 47.5 Å². The van der Waals surface area contributed by atoms with Crippen molar-refractivity contribution in [2.24, 2.45) is 0 Å². The number of ether oxygens (including phenoxy) is 1. The molecular weight excluding hydrogens is 436 g/mol. The first-order valence-electron chi connectivity index (χ1n) is 10.4. The molecule has 2 aromatic rings. The number of hydrogen-bond donors (Lipinski definition) is 0. The van der Waals surface area contributed by atoms with E-state index in [2.05, 4.69) is 4.98 Å². The molecule has 31 heavy (non-hydrogen) atoms. The summed E-state index contributed by atoms with van der Waals surface area (Å²) in [5, 5.41) is -0.432. The summed E-state index contributed by atoms with van der Waals surface area (Å²) in [7, 11) is -3.71. The van der Waals surface area contributed by atoms with Gasteiger partial charge in [-0.3, -0.25) is 0 Å². The van der Waals surface area contributed by atoms with Gasteiger partial charge in [0.15, 0.2) is 9.84 Å². The minimum atomic E-state index is -3.71. The molecule has 4 atom stereocenters. The molecule has 0 saturated carbocycles. The monoisotopic (exact) mass is 462 g/mol. The van der Waals surface area contributed by atoms with Gasteiger partial charge in [-0.25, -0.2) is 18.2 Å². The summed E-state index contributed by atoms with van der Waals surface area (Å²) in [6, 6.07) is 9.63. The Hall–Kier alpha value is -2.12. The maximum absolute atomic E-state index is 13.8. The maximum atomic E-state index is 13.8. The number of pyridine rings is 1. The fourth-order valence-corrected chi connectivity index (χ4v) is 7.21. The van der Waals surface area contributed by atoms with Crippen molar-refractivity contribution in [1.82, 2.24) is 9.88 Å². The number of aromatic nitrogens is 1. The van der Waals surface area contributed by atoms with Crippen LogP contribution in [0, 0.1) is 6.92 Å². The SMILES string of the molecule is Cc1ccc(S(=O)(=O)C2C(c3ccc(Cl)nc3)C3CCC2N3C(=O)OC(C)(C)C)cc1. The molecule has 166 valence electrons. The lowest BCUT2D eigenvalue weighted by Crippen LogP contribution is -2.42. The molecule has 4 unspecified atom stereocenters. The minimum Gasteiger partial charge on any atom is -0.444 e. The molecule has 2 bridgehead atoms. The normalized spacial score (nSPS) is 25.6. The molecule has 2 aliphatic rings. The lowest BCUT2D eigenvalue weighted by atomic mass is 9.84. The van der Waals surface area contributed by atoms with Crippen molar-refractivity contribution in [3.63, 3.8) is 0 Å². The summed E-state index contributed by atoms with van der Waals surface area (Å²) in [4.78, 5) is 19.2. The van der Waals surface area contributed by atoms with Gasteiger partial charge < -0.3 is 9.64 Å². The van der Waals surface area contributed by atoms with E-state index in [1.54, 1.807) is 41.4 Å². The molecule has 8 heteroatoms. The van der Waals surface area contributed by atoms with Gasteiger partial charge in [0.05, 0.1) is 16.2 Å². The Balaban J connectivity index is 1.80. The van der Waals surface area contributed by atoms with Crippen LogP contribution in [-0.2, 0) is 14.6 Å². The molecule has 2 fully saturated rings. The average Bonchev–Trinajstić information content (AvgIpc) is 3.24. The third-order valence-electron chi connectivity index (χ3n) is 6.07. The molecule has 0 aliphatic carbocycles. The first kappa shape index (κ1) is 22.1. The van der Waals surface area contributed by atoms with E-state index in [0.717, 1.165) is 17.5 Å². The predicted octanol–water partition coefficient (Wildman–Crippen LogP) is 4.75. The average molecular weight is 463 g/mol. The third kappa shape index (κ3) is 4.05. The van der Waals surface area contributed by atoms with Crippen molar-refractivity contribution in [3.05, 3.63) is 58.9 Å². The van der Waals surface area contributed by atoms with Gasteiger partial charge in [0.1, 0.15) is 10.8 Å². The van der Waals surface area contributed by atoms with E-state index in [1.807, 2.05) is 33.8 Å². The first-order valence-corrected chi connectivity index (χ1v) is 12.3. The quantitative estimate of drug-likeness (QED) is 0.615. The molecule has 1 amide bonds. The van der Waals surface area contributed by atoms with Gasteiger partial charge >= 0.3 is 6.09 Å². The van der Waals surface area contributed by atoms with Crippen LogP contribution in [0.2, 0.25) is 5.15 Å². The minimum absolute atomic E-state index is 0.270. The number of aryl methyl sites for hydroxylation is 1. The third-order valence-corrected chi connectivity index (χ3v) is 8.54. The highest BCUT2D eigenvalue weighted by atomic mass is 35.5. The van der Waals surface area contributed by atoms with Crippen LogP contribution in [0.3, 0.4) is 0 Å². The summed E-state index contributed by atoms with van der Waals surface area (Å²) in [6.45, 7) is 7.35. The Labute approximate surface area is 188 Å². The van der Waals surface area contributed by atoms with Gasteiger partial charge in [0.25, 0.3) is 0 Å². The summed E-state index contributed by atoms with van der Waals surface area (Å²) in [5.41, 5.74) is 1.09. The number of carbonyl (C=O) groups is 1. The van der Waals surface area contributed by atoms with Crippen molar-refractivity contribution >= 4 is 27.5 Å². The topological polar surface area (TPSA) is 76.6 Å². The Bertz CT molecular complexity index is 1080. The number of nitrogens with zero attached hydrogens (tertiary/aromatic N) is 2. The fourth-order valence-electron chi connectivity index (χ4n) is 4.87. The first-order chi connectivity index (χ1) is 14.5.